The molecule has 0 aromatic heterocycles. The van der Waals surface area contributed by atoms with E-state index >= 15 is 0 Å². The Morgan fingerprint density at radius 3 is 2.00 bits per heavy atom. The van der Waals surface area contributed by atoms with Gasteiger partial charge in [0.05, 0.1) is 10.7 Å². The van der Waals surface area contributed by atoms with Crippen molar-refractivity contribution in [3.8, 4) is 0 Å². The van der Waals surface area contributed by atoms with Crippen LogP contribution in [-0.2, 0) is 5.41 Å². The summed E-state index contributed by atoms with van der Waals surface area (Å²) >= 11 is 6.07. The highest BCUT2D eigenvalue weighted by Crippen LogP contribution is 2.34. The Balaban J connectivity index is 3.21. The third-order valence-corrected chi connectivity index (χ3v) is 2.77. The molecular weight excluding hydrogens is 237 g/mol. The monoisotopic (exact) mass is 257 g/mol. The molecule has 0 amide bonds. The summed E-state index contributed by atoms with van der Waals surface area (Å²) in [4.78, 5) is 0. The van der Waals surface area contributed by atoms with Crippen LogP contribution in [0, 0.1) is 5.82 Å². The molecule has 96 valence electrons. The molecule has 1 nitrogen and oxygen atoms in total. The van der Waals surface area contributed by atoms with Gasteiger partial charge >= 0.3 is 0 Å². The zero-order valence-corrected chi connectivity index (χ0v) is 12.2. The number of anilines is 1. The van der Waals surface area contributed by atoms with Crippen LogP contribution >= 0.6 is 11.6 Å². The van der Waals surface area contributed by atoms with Gasteiger partial charge in [-0.1, -0.05) is 38.4 Å². The molecule has 17 heavy (non-hydrogen) atoms. The number of halogens is 2. The molecule has 1 rings (SSSR count). The van der Waals surface area contributed by atoms with E-state index in [1.807, 2.05) is 47.6 Å². The first-order chi connectivity index (χ1) is 7.52. The Hall–Kier alpha value is -0.760. The van der Waals surface area contributed by atoms with Crippen molar-refractivity contribution in [1.29, 1.82) is 0 Å². The van der Waals surface area contributed by atoms with Gasteiger partial charge < -0.3 is 5.32 Å². The van der Waals surface area contributed by atoms with Gasteiger partial charge in [0, 0.05) is 5.54 Å². The van der Waals surface area contributed by atoms with E-state index in [9.17, 15) is 4.39 Å². The SMILES string of the molecule is CC(C)(C)Nc1ccc(C(C)(C)C)c(F)c1Cl. The Kier molecular flexibility index (Phi) is 3.78. The van der Waals surface area contributed by atoms with E-state index in [0.717, 1.165) is 0 Å². The van der Waals surface area contributed by atoms with E-state index in [2.05, 4.69) is 5.32 Å². The van der Waals surface area contributed by atoms with Gasteiger partial charge in [0.1, 0.15) is 5.82 Å². The molecule has 0 aliphatic heterocycles. The fraction of sp³-hybridized carbons (Fsp3) is 0.571. The Bertz CT molecular complexity index is 413. The summed E-state index contributed by atoms with van der Waals surface area (Å²) in [5.41, 5.74) is 0.902. The maximum absolute atomic E-state index is 14.2. The van der Waals surface area contributed by atoms with E-state index in [1.54, 1.807) is 6.07 Å². The van der Waals surface area contributed by atoms with Crippen molar-refractivity contribution in [3.05, 3.63) is 28.5 Å². The highest BCUT2D eigenvalue weighted by Gasteiger charge is 2.23. The van der Waals surface area contributed by atoms with Crippen LogP contribution in [0.2, 0.25) is 5.02 Å². The molecule has 3 heteroatoms. The summed E-state index contributed by atoms with van der Waals surface area (Å²) in [5, 5.41) is 3.37. The molecule has 0 unspecified atom stereocenters. The quantitative estimate of drug-likeness (QED) is 0.748. The lowest BCUT2D eigenvalue weighted by molar-refractivity contribution is 0.523. The lowest BCUT2D eigenvalue weighted by atomic mass is 9.86. The Labute approximate surface area is 108 Å². The second kappa shape index (κ2) is 4.49. The average Bonchev–Trinajstić information content (AvgIpc) is 2.08. The lowest BCUT2D eigenvalue weighted by Gasteiger charge is -2.25. The largest absolute Gasteiger partial charge is 0.379 e. The number of hydrogen-bond acceptors (Lipinski definition) is 1. The molecule has 0 saturated carbocycles. The second-order valence-corrected chi connectivity index (χ2v) is 6.79. The maximum Gasteiger partial charge on any atom is 0.147 e. The van der Waals surface area contributed by atoms with Gasteiger partial charge in [0.15, 0.2) is 0 Å². The minimum atomic E-state index is -0.326. The molecule has 0 radical (unpaired) electrons. The van der Waals surface area contributed by atoms with Crippen LogP contribution in [-0.4, -0.2) is 5.54 Å². The molecule has 0 fully saturated rings. The third kappa shape index (κ3) is 3.60. The molecule has 0 heterocycles. The van der Waals surface area contributed by atoms with Crippen molar-refractivity contribution in [2.24, 2.45) is 0 Å². The van der Waals surface area contributed by atoms with E-state index < -0.39 is 0 Å². The number of nitrogens with one attached hydrogen (secondary N) is 1. The first-order valence-corrected chi connectivity index (χ1v) is 6.17. The third-order valence-electron chi connectivity index (χ3n) is 2.40. The van der Waals surface area contributed by atoms with Gasteiger partial charge in [0.25, 0.3) is 0 Å². The van der Waals surface area contributed by atoms with Crippen molar-refractivity contribution < 1.29 is 4.39 Å². The predicted octanol–water partition coefficient (Wildman–Crippen LogP) is 4.99. The van der Waals surface area contributed by atoms with Crippen LogP contribution in [0.4, 0.5) is 10.1 Å². The van der Waals surface area contributed by atoms with Crippen LogP contribution in [0.5, 0.6) is 0 Å². The normalized spacial score (nSPS) is 12.7. The topological polar surface area (TPSA) is 12.0 Å². The zero-order valence-electron chi connectivity index (χ0n) is 11.4. The summed E-state index contributed by atoms with van der Waals surface area (Å²) in [5.74, 6) is -0.326. The van der Waals surface area contributed by atoms with Crippen LogP contribution in [0.1, 0.15) is 47.1 Å². The molecule has 0 aliphatic carbocycles. The fourth-order valence-electron chi connectivity index (χ4n) is 1.63. The van der Waals surface area contributed by atoms with Crippen LogP contribution in [0.15, 0.2) is 12.1 Å². The lowest BCUT2D eigenvalue weighted by Crippen LogP contribution is -2.26. The van der Waals surface area contributed by atoms with Crippen molar-refractivity contribution in [1.82, 2.24) is 0 Å². The van der Waals surface area contributed by atoms with Crippen molar-refractivity contribution in [3.63, 3.8) is 0 Å². The number of hydrogen-bond donors (Lipinski definition) is 1. The van der Waals surface area contributed by atoms with Crippen molar-refractivity contribution in [2.75, 3.05) is 5.32 Å². The summed E-state index contributed by atoms with van der Waals surface area (Å²) in [6, 6.07) is 3.65. The minimum Gasteiger partial charge on any atom is -0.379 e. The molecule has 1 N–H and O–H groups in total. The summed E-state index contributed by atoms with van der Waals surface area (Å²) < 4.78 is 14.2. The Morgan fingerprint density at radius 2 is 1.59 bits per heavy atom. The van der Waals surface area contributed by atoms with E-state index in [-0.39, 0.29) is 21.8 Å². The predicted molar refractivity (Wildman–Crippen MR) is 73.5 cm³/mol. The maximum atomic E-state index is 14.2. The smallest absolute Gasteiger partial charge is 0.147 e. The highest BCUT2D eigenvalue weighted by molar-refractivity contribution is 6.33. The summed E-state index contributed by atoms with van der Waals surface area (Å²) in [6.45, 7) is 12.0. The van der Waals surface area contributed by atoms with E-state index in [0.29, 0.717) is 11.3 Å². The van der Waals surface area contributed by atoms with Gasteiger partial charge in [-0.2, -0.15) is 0 Å². The van der Waals surface area contributed by atoms with Crippen LogP contribution in [0.3, 0.4) is 0 Å². The molecule has 0 saturated heterocycles. The van der Waals surface area contributed by atoms with Crippen LogP contribution < -0.4 is 5.32 Å². The fourth-order valence-corrected chi connectivity index (χ4v) is 1.84. The van der Waals surface area contributed by atoms with Gasteiger partial charge in [-0.25, -0.2) is 4.39 Å². The summed E-state index contributed by atoms with van der Waals surface area (Å²) in [6.07, 6.45) is 0. The van der Waals surface area contributed by atoms with E-state index in [4.69, 9.17) is 11.6 Å². The Morgan fingerprint density at radius 1 is 1.06 bits per heavy atom. The van der Waals surface area contributed by atoms with Gasteiger partial charge in [0.2, 0.25) is 0 Å². The van der Waals surface area contributed by atoms with Gasteiger partial charge in [-0.15, -0.1) is 0 Å². The average molecular weight is 258 g/mol. The van der Waals surface area contributed by atoms with Gasteiger partial charge in [-0.3, -0.25) is 0 Å². The highest BCUT2D eigenvalue weighted by atomic mass is 35.5. The molecule has 0 aliphatic rings. The first kappa shape index (κ1) is 14.3. The molecule has 0 spiro atoms. The molecular formula is C14H21ClFN. The summed E-state index contributed by atoms with van der Waals surface area (Å²) in [7, 11) is 0. The van der Waals surface area contributed by atoms with Crippen molar-refractivity contribution in [2.45, 2.75) is 52.5 Å². The molecule has 1 aromatic rings. The molecule has 0 atom stereocenters. The second-order valence-electron chi connectivity index (χ2n) is 6.41. The first-order valence-electron chi connectivity index (χ1n) is 5.79. The standard InChI is InChI=1S/C14H21ClFN/c1-13(2,3)9-7-8-10(11(15)12(9)16)17-14(4,5)6/h7-8,17H,1-6H3. The number of benzene rings is 1. The van der Waals surface area contributed by atoms with Crippen molar-refractivity contribution >= 4 is 17.3 Å². The number of rotatable bonds is 1. The minimum absolute atomic E-state index is 0.140. The van der Waals surface area contributed by atoms with Crippen LogP contribution in [0.25, 0.3) is 0 Å². The molecule has 1 aromatic carbocycles. The molecule has 0 bridgehead atoms. The van der Waals surface area contributed by atoms with Gasteiger partial charge in [-0.05, 0) is 37.8 Å². The van der Waals surface area contributed by atoms with E-state index in [1.165, 1.54) is 0 Å². The zero-order chi connectivity index (χ0) is 13.4.